The Morgan fingerprint density at radius 3 is 1.66 bits per heavy atom. The summed E-state index contributed by atoms with van der Waals surface area (Å²) in [6.07, 6.45) is 7.01. The molecule has 0 aromatic heterocycles. The zero-order chi connectivity index (χ0) is 34.3. The maximum Gasteiger partial charge on any atom is 0.0707 e. The van der Waals surface area contributed by atoms with Crippen LogP contribution in [0.1, 0.15) is 156 Å². The van der Waals surface area contributed by atoms with E-state index in [2.05, 4.69) is 104 Å². The molecule has 0 rings (SSSR count). The molecule has 0 spiro atoms. The van der Waals surface area contributed by atoms with Crippen molar-refractivity contribution in [2.75, 3.05) is 46.2 Å². The molecule has 0 heterocycles. The smallest absolute Gasteiger partial charge is 0.0707 e. The molecule has 5 atom stereocenters. The van der Waals surface area contributed by atoms with Gasteiger partial charge in [-0.1, -0.05) is 55.4 Å². The lowest BCUT2D eigenvalue weighted by molar-refractivity contribution is -0.128. The topological polar surface area (TPSA) is 55.4 Å². The fraction of sp³-hybridized carbons (Fsp3) is 1.00. The van der Waals surface area contributed by atoms with Crippen molar-refractivity contribution in [3.63, 3.8) is 0 Å². The number of ether oxygens (including phenoxy) is 6. The third-order valence-corrected chi connectivity index (χ3v) is 11.2. The SMILES string of the molecule is CCOC(C)CC(C)(CC)OCCOCC(C)(CC)C(C)OCC(C)(CC)C(C)(C)CCOC(C)(C)CCOC(C)(C)CC. The van der Waals surface area contributed by atoms with Crippen LogP contribution in [0.25, 0.3) is 0 Å². The van der Waals surface area contributed by atoms with Crippen LogP contribution in [0.4, 0.5) is 0 Å². The number of hydrogen-bond acceptors (Lipinski definition) is 6. The quantitative estimate of drug-likeness (QED) is 0.0842. The highest BCUT2D eigenvalue weighted by molar-refractivity contribution is 4.90. The van der Waals surface area contributed by atoms with E-state index in [0.717, 1.165) is 58.2 Å². The Hall–Kier alpha value is -0.240. The third-order valence-electron chi connectivity index (χ3n) is 11.2. The Labute approximate surface area is 275 Å². The Bertz CT molecular complexity index is 752. The van der Waals surface area contributed by atoms with Crippen LogP contribution in [0, 0.1) is 16.2 Å². The molecule has 6 nitrogen and oxygen atoms in total. The van der Waals surface area contributed by atoms with E-state index in [1.54, 1.807) is 0 Å². The van der Waals surface area contributed by atoms with E-state index in [1.807, 2.05) is 6.92 Å². The molecule has 0 aromatic rings. The molecule has 44 heavy (non-hydrogen) atoms. The lowest BCUT2D eigenvalue weighted by atomic mass is 9.64. The molecule has 0 aromatic carbocycles. The highest BCUT2D eigenvalue weighted by Gasteiger charge is 2.41. The largest absolute Gasteiger partial charge is 0.379 e. The van der Waals surface area contributed by atoms with Gasteiger partial charge in [-0.25, -0.2) is 0 Å². The Kier molecular flexibility index (Phi) is 19.4. The molecule has 0 amide bonds. The standard InChI is InChI=1S/C38H78O6/c1-17-34(10,11)42-25-23-35(12,13)43-24-22-33(8,9)37(15,19-3)30-41-32(7)36(14,18-2)29-39-26-27-44-38(16,20-4)28-31(6)40-21-5/h31-32H,17-30H2,1-16H3. The summed E-state index contributed by atoms with van der Waals surface area (Å²) in [4.78, 5) is 0. The van der Waals surface area contributed by atoms with Gasteiger partial charge in [-0.3, -0.25) is 0 Å². The monoisotopic (exact) mass is 631 g/mol. The van der Waals surface area contributed by atoms with Crippen molar-refractivity contribution in [2.45, 2.75) is 185 Å². The first-order valence-electron chi connectivity index (χ1n) is 17.9. The van der Waals surface area contributed by atoms with Crippen molar-refractivity contribution in [1.82, 2.24) is 0 Å². The summed E-state index contributed by atoms with van der Waals surface area (Å²) >= 11 is 0. The number of rotatable bonds is 27. The predicted octanol–water partition coefficient (Wildman–Crippen LogP) is 10.0. The van der Waals surface area contributed by atoms with Crippen molar-refractivity contribution >= 4 is 0 Å². The van der Waals surface area contributed by atoms with Crippen LogP contribution in [0.3, 0.4) is 0 Å². The van der Waals surface area contributed by atoms with E-state index in [9.17, 15) is 0 Å². The van der Waals surface area contributed by atoms with Gasteiger partial charge in [0, 0.05) is 25.0 Å². The zero-order valence-electron chi connectivity index (χ0n) is 32.5. The normalized spacial score (nSPS) is 18.8. The Morgan fingerprint density at radius 1 is 0.545 bits per heavy atom. The van der Waals surface area contributed by atoms with E-state index in [-0.39, 0.29) is 45.3 Å². The van der Waals surface area contributed by atoms with Gasteiger partial charge in [0.25, 0.3) is 0 Å². The fourth-order valence-corrected chi connectivity index (χ4v) is 5.33. The molecular weight excluding hydrogens is 552 g/mol. The zero-order valence-corrected chi connectivity index (χ0v) is 32.5. The first-order chi connectivity index (χ1) is 20.2. The summed E-state index contributed by atoms with van der Waals surface area (Å²) in [5.41, 5.74) is -0.473. The van der Waals surface area contributed by atoms with E-state index in [4.69, 9.17) is 28.4 Å². The van der Waals surface area contributed by atoms with E-state index < -0.39 is 0 Å². The molecule has 266 valence electrons. The fourth-order valence-electron chi connectivity index (χ4n) is 5.33. The van der Waals surface area contributed by atoms with Crippen LogP contribution in [0.15, 0.2) is 0 Å². The lowest BCUT2D eigenvalue weighted by Gasteiger charge is -2.46. The highest BCUT2D eigenvalue weighted by Crippen LogP contribution is 2.45. The van der Waals surface area contributed by atoms with Gasteiger partial charge in [-0.15, -0.1) is 0 Å². The Balaban J connectivity index is 4.92. The van der Waals surface area contributed by atoms with Crippen LogP contribution in [-0.2, 0) is 28.4 Å². The molecule has 0 bridgehead atoms. The number of hydrogen-bond donors (Lipinski definition) is 0. The summed E-state index contributed by atoms with van der Waals surface area (Å²) in [5.74, 6) is 0. The van der Waals surface area contributed by atoms with Gasteiger partial charge in [0.15, 0.2) is 0 Å². The molecule has 0 aliphatic carbocycles. The maximum atomic E-state index is 6.70. The minimum Gasteiger partial charge on any atom is -0.379 e. The minimum absolute atomic E-state index is 0.0234. The van der Waals surface area contributed by atoms with Crippen molar-refractivity contribution in [3.8, 4) is 0 Å². The molecule has 0 saturated carbocycles. The van der Waals surface area contributed by atoms with Crippen molar-refractivity contribution in [3.05, 3.63) is 0 Å². The molecule has 0 fully saturated rings. The highest BCUT2D eigenvalue weighted by atomic mass is 16.5. The van der Waals surface area contributed by atoms with Gasteiger partial charge in [0.2, 0.25) is 0 Å². The second kappa shape index (κ2) is 19.5. The first-order valence-corrected chi connectivity index (χ1v) is 17.9. The average Bonchev–Trinajstić information content (AvgIpc) is 2.94. The average molecular weight is 631 g/mol. The van der Waals surface area contributed by atoms with Gasteiger partial charge in [0.1, 0.15) is 0 Å². The Morgan fingerprint density at radius 2 is 1.14 bits per heavy atom. The molecule has 0 aliphatic rings. The maximum absolute atomic E-state index is 6.70. The van der Waals surface area contributed by atoms with Crippen LogP contribution in [0.5, 0.6) is 0 Å². The first kappa shape index (κ1) is 43.8. The summed E-state index contributed by atoms with van der Waals surface area (Å²) in [5, 5.41) is 0. The van der Waals surface area contributed by atoms with Gasteiger partial charge in [-0.05, 0) is 105 Å². The van der Waals surface area contributed by atoms with E-state index >= 15 is 0 Å². The summed E-state index contributed by atoms with van der Waals surface area (Å²) in [7, 11) is 0. The van der Waals surface area contributed by atoms with Crippen LogP contribution < -0.4 is 0 Å². The van der Waals surface area contributed by atoms with E-state index in [0.29, 0.717) is 33.0 Å². The van der Waals surface area contributed by atoms with Gasteiger partial charge in [0.05, 0.1) is 62.0 Å². The molecule has 0 aliphatic heterocycles. The summed E-state index contributed by atoms with van der Waals surface area (Å²) < 4.78 is 37.4. The van der Waals surface area contributed by atoms with Crippen molar-refractivity contribution < 1.29 is 28.4 Å². The third kappa shape index (κ3) is 15.6. The van der Waals surface area contributed by atoms with Crippen LogP contribution in [-0.4, -0.2) is 75.3 Å². The van der Waals surface area contributed by atoms with E-state index in [1.165, 1.54) is 0 Å². The minimum atomic E-state index is -0.210. The van der Waals surface area contributed by atoms with Crippen LogP contribution in [0.2, 0.25) is 0 Å². The summed E-state index contributed by atoms with van der Waals surface area (Å²) in [6, 6.07) is 0. The lowest BCUT2D eigenvalue weighted by Crippen LogP contribution is -2.44. The van der Waals surface area contributed by atoms with Gasteiger partial charge in [-0.2, -0.15) is 0 Å². The van der Waals surface area contributed by atoms with Crippen molar-refractivity contribution in [2.24, 2.45) is 16.2 Å². The second-order valence-electron chi connectivity index (χ2n) is 16.0. The molecule has 6 heteroatoms. The molecule has 0 N–H and O–H groups in total. The molecule has 0 radical (unpaired) electrons. The molecule has 0 saturated heterocycles. The summed E-state index contributed by atoms with van der Waals surface area (Å²) in [6.45, 7) is 40.2. The second-order valence-corrected chi connectivity index (χ2v) is 16.0. The van der Waals surface area contributed by atoms with Crippen molar-refractivity contribution in [1.29, 1.82) is 0 Å². The molecule has 5 unspecified atom stereocenters. The van der Waals surface area contributed by atoms with Gasteiger partial charge >= 0.3 is 0 Å². The van der Waals surface area contributed by atoms with Crippen LogP contribution >= 0.6 is 0 Å². The molecular formula is C38H78O6. The predicted molar refractivity (Wildman–Crippen MR) is 187 cm³/mol. The van der Waals surface area contributed by atoms with Gasteiger partial charge < -0.3 is 28.4 Å².